The Morgan fingerprint density at radius 2 is 2.26 bits per heavy atom. The zero-order valence-corrected chi connectivity index (χ0v) is 12.9. The molecule has 2 aliphatic rings. The highest BCUT2D eigenvalue weighted by Gasteiger charge is 2.42. The second-order valence-electron chi connectivity index (χ2n) is 5.59. The van der Waals surface area contributed by atoms with Crippen molar-refractivity contribution in [2.45, 2.75) is 18.9 Å². The molecule has 2 heterocycles. The topological polar surface area (TPSA) is 85.3 Å². The van der Waals surface area contributed by atoms with E-state index in [1.807, 2.05) is 0 Å². The number of ether oxygens (including phenoxy) is 3. The van der Waals surface area contributed by atoms with Crippen LogP contribution in [0.4, 0.5) is 0 Å². The molecule has 23 heavy (non-hydrogen) atoms. The summed E-state index contributed by atoms with van der Waals surface area (Å²) in [4.78, 5) is 25.7. The summed E-state index contributed by atoms with van der Waals surface area (Å²) in [5.41, 5.74) is 0.677. The molecule has 1 amide bonds. The zero-order valence-electron chi connectivity index (χ0n) is 12.9. The number of piperidine rings is 1. The summed E-state index contributed by atoms with van der Waals surface area (Å²) in [5, 5.41) is 9.61. The Hall–Kier alpha value is -2.28. The number of hydrogen-bond donors (Lipinski definition) is 1. The fraction of sp³-hybridized carbons (Fsp3) is 0.500. The third-order valence-corrected chi connectivity index (χ3v) is 4.31. The van der Waals surface area contributed by atoms with Crippen LogP contribution in [0.1, 0.15) is 24.4 Å². The predicted octanol–water partition coefficient (Wildman–Crippen LogP) is 1.43. The van der Waals surface area contributed by atoms with E-state index in [0.717, 1.165) is 0 Å². The molecule has 0 radical (unpaired) electrons. The first-order valence-corrected chi connectivity index (χ1v) is 7.53. The number of benzene rings is 1. The quantitative estimate of drug-likeness (QED) is 0.883. The van der Waals surface area contributed by atoms with Gasteiger partial charge in [0.15, 0.2) is 11.5 Å². The van der Waals surface area contributed by atoms with E-state index in [1.165, 1.54) is 0 Å². The molecule has 2 atom stereocenters. The first kappa shape index (κ1) is 15.6. The molecule has 124 valence electrons. The molecule has 1 saturated heterocycles. The molecule has 7 heteroatoms. The van der Waals surface area contributed by atoms with Crippen molar-refractivity contribution >= 4 is 11.9 Å². The molecular formula is C16H19NO6. The van der Waals surface area contributed by atoms with Crippen LogP contribution in [0.2, 0.25) is 0 Å². The maximum atomic E-state index is 12.4. The van der Waals surface area contributed by atoms with Crippen LogP contribution in [-0.4, -0.2) is 48.9 Å². The monoisotopic (exact) mass is 321 g/mol. The number of carbonyl (C=O) groups excluding carboxylic acids is 1. The number of carboxylic acids is 1. The Labute approximate surface area is 133 Å². The molecule has 0 spiro atoms. The van der Waals surface area contributed by atoms with Gasteiger partial charge in [-0.2, -0.15) is 0 Å². The standard InChI is InChI=1S/C16H19NO6/c1-21-8-7-17-13(18)6-5-11(16(19)20)14(17)10-3-2-4-12-15(10)23-9-22-12/h2-4,11,14H,5-9H2,1H3,(H,19,20)/t11-,14+/m0/s1. The zero-order chi connectivity index (χ0) is 16.4. The van der Waals surface area contributed by atoms with Crippen LogP contribution >= 0.6 is 0 Å². The molecule has 0 bridgehead atoms. The molecule has 0 aromatic heterocycles. The van der Waals surface area contributed by atoms with Gasteiger partial charge in [-0.25, -0.2) is 0 Å². The van der Waals surface area contributed by atoms with Gasteiger partial charge in [0.05, 0.1) is 18.6 Å². The van der Waals surface area contributed by atoms with Gasteiger partial charge in [-0.15, -0.1) is 0 Å². The van der Waals surface area contributed by atoms with Gasteiger partial charge in [0, 0.05) is 25.6 Å². The fourth-order valence-electron chi connectivity index (χ4n) is 3.24. The van der Waals surface area contributed by atoms with E-state index >= 15 is 0 Å². The summed E-state index contributed by atoms with van der Waals surface area (Å²) in [6.45, 7) is 0.790. The van der Waals surface area contributed by atoms with Gasteiger partial charge < -0.3 is 24.2 Å². The fourth-order valence-corrected chi connectivity index (χ4v) is 3.24. The first-order chi connectivity index (χ1) is 11.1. The number of para-hydroxylation sites is 1. The lowest BCUT2D eigenvalue weighted by Crippen LogP contribution is -2.46. The van der Waals surface area contributed by atoms with Gasteiger partial charge in [0.25, 0.3) is 0 Å². The second kappa shape index (κ2) is 6.45. The van der Waals surface area contributed by atoms with Crippen LogP contribution in [0, 0.1) is 5.92 Å². The van der Waals surface area contributed by atoms with E-state index in [4.69, 9.17) is 14.2 Å². The van der Waals surface area contributed by atoms with E-state index < -0.39 is 17.9 Å². The van der Waals surface area contributed by atoms with E-state index in [1.54, 1.807) is 30.2 Å². The van der Waals surface area contributed by atoms with Crippen molar-refractivity contribution in [1.82, 2.24) is 4.90 Å². The van der Waals surface area contributed by atoms with E-state index in [-0.39, 0.29) is 19.1 Å². The summed E-state index contributed by atoms with van der Waals surface area (Å²) in [6.07, 6.45) is 0.538. The predicted molar refractivity (Wildman–Crippen MR) is 79.3 cm³/mol. The molecule has 0 saturated carbocycles. The SMILES string of the molecule is COCCN1C(=O)CC[C@H](C(=O)O)[C@H]1c1cccc2c1OCO2. The van der Waals surface area contributed by atoms with Crippen LogP contribution in [0.5, 0.6) is 11.5 Å². The Morgan fingerprint density at radius 1 is 1.43 bits per heavy atom. The summed E-state index contributed by atoms with van der Waals surface area (Å²) < 4.78 is 16.0. The van der Waals surface area contributed by atoms with Crippen LogP contribution in [-0.2, 0) is 14.3 Å². The van der Waals surface area contributed by atoms with Gasteiger partial charge in [-0.3, -0.25) is 9.59 Å². The number of amides is 1. The molecule has 0 unspecified atom stereocenters. The second-order valence-corrected chi connectivity index (χ2v) is 5.59. The van der Waals surface area contributed by atoms with Crippen molar-refractivity contribution in [1.29, 1.82) is 0 Å². The lowest BCUT2D eigenvalue weighted by molar-refractivity contribution is -0.152. The molecule has 2 aliphatic heterocycles. The minimum absolute atomic E-state index is 0.0685. The number of methoxy groups -OCH3 is 1. The Balaban J connectivity index is 2.03. The highest BCUT2D eigenvalue weighted by Crippen LogP contribution is 2.45. The van der Waals surface area contributed by atoms with Crippen molar-refractivity contribution in [3.63, 3.8) is 0 Å². The average molecular weight is 321 g/mol. The summed E-state index contributed by atoms with van der Waals surface area (Å²) >= 11 is 0. The lowest BCUT2D eigenvalue weighted by atomic mass is 9.83. The molecule has 3 rings (SSSR count). The van der Waals surface area contributed by atoms with Crippen molar-refractivity contribution in [3.8, 4) is 11.5 Å². The number of carboxylic acid groups (broad SMARTS) is 1. The smallest absolute Gasteiger partial charge is 0.308 e. The summed E-state index contributed by atoms with van der Waals surface area (Å²) in [7, 11) is 1.55. The largest absolute Gasteiger partial charge is 0.481 e. The van der Waals surface area contributed by atoms with E-state index in [2.05, 4.69) is 0 Å². The maximum absolute atomic E-state index is 12.4. The Morgan fingerprint density at radius 3 is 3.00 bits per heavy atom. The van der Waals surface area contributed by atoms with E-state index in [9.17, 15) is 14.7 Å². The molecule has 1 N–H and O–H groups in total. The highest BCUT2D eigenvalue weighted by atomic mass is 16.7. The number of rotatable bonds is 5. The summed E-state index contributed by atoms with van der Waals surface area (Å²) in [5.74, 6) is -0.556. The van der Waals surface area contributed by atoms with Crippen LogP contribution in [0.15, 0.2) is 18.2 Å². The van der Waals surface area contributed by atoms with Gasteiger partial charge in [0.2, 0.25) is 12.7 Å². The third kappa shape index (κ3) is 2.84. The number of nitrogens with zero attached hydrogens (tertiary/aromatic N) is 1. The van der Waals surface area contributed by atoms with Crippen LogP contribution in [0.3, 0.4) is 0 Å². The maximum Gasteiger partial charge on any atom is 0.308 e. The van der Waals surface area contributed by atoms with Crippen LogP contribution in [0.25, 0.3) is 0 Å². The molecule has 1 aromatic carbocycles. The van der Waals surface area contributed by atoms with Gasteiger partial charge in [-0.05, 0) is 12.5 Å². The Kier molecular flexibility index (Phi) is 4.38. The Bertz CT molecular complexity index is 617. The van der Waals surface area contributed by atoms with Crippen molar-refractivity contribution in [2.75, 3.05) is 27.1 Å². The van der Waals surface area contributed by atoms with Crippen molar-refractivity contribution < 1.29 is 28.9 Å². The molecular weight excluding hydrogens is 302 g/mol. The number of likely N-dealkylation sites (tertiary alicyclic amines) is 1. The summed E-state index contributed by atoms with van der Waals surface area (Å²) in [6, 6.07) is 4.77. The number of hydrogen-bond acceptors (Lipinski definition) is 5. The van der Waals surface area contributed by atoms with Gasteiger partial charge in [0.1, 0.15) is 0 Å². The van der Waals surface area contributed by atoms with Gasteiger partial charge >= 0.3 is 5.97 Å². The van der Waals surface area contributed by atoms with Gasteiger partial charge in [-0.1, -0.05) is 12.1 Å². The third-order valence-electron chi connectivity index (χ3n) is 4.31. The number of aliphatic carboxylic acids is 1. The average Bonchev–Trinajstić information content (AvgIpc) is 3.01. The minimum Gasteiger partial charge on any atom is -0.481 e. The normalized spacial score (nSPS) is 23.2. The van der Waals surface area contributed by atoms with Crippen molar-refractivity contribution in [2.24, 2.45) is 5.92 Å². The number of fused-ring (bicyclic) bond motifs is 1. The minimum atomic E-state index is -0.915. The lowest BCUT2D eigenvalue weighted by Gasteiger charge is -2.39. The van der Waals surface area contributed by atoms with Crippen LogP contribution < -0.4 is 9.47 Å². The van der Waals surface area contributed by atoms with E-state index in [0.29, 0.717) is 36.6 Å². The molecule has 7 nitrogen and oxygen atoms in total. The first-order valence-electron chi connectivity index (χ1n) is 7.53. The van der Waals surface area contributed by atoms with Crippen molar-refractivity contribution in [3.05, 3.63) is 23.8 Å². The number of carbonyl (C=O) groups is 2. The highest BCUT2D eigenvalue weighted by molar-refractivity contribution is 5.82. The molecule has 1 aromatic rings. The molecule has 0 aliphatic carbocycles. The molecule has 1 fully saturated rings.